The molecule has 0 radical (unpaired) electrons. The number of hydrogen-bond acceptors (Lipinski definition) is 2. The van der Waals surface area contributed by atoms with E-state index in [1.165, 1.54) is 0 Å². The number of nitrogens with one attached hydrogen (secondary N) is 1. The van der Waals surface area contributed by atoms with Crippen molar-refractivity contribution in [3.05, 3.63) is 33.8 Å². The Kier molecular flexibility index (Phi) is 5.08. The molecule has 0 aliphatic carbocycles. The lowest BCUT2D eigenvalue weighted by Crippen LogP contribution is -2.42. The van der Waals surface area contributed by atoms with Gasteiger partial charge in [0.2, 0.25) is 0 Å². The van der Waals surface area contributed by atoms with E-state index in [1.807, 2.05) is 4.90 Å². The molecule has 1 aromatic rings. The highest BCUT2D eigenvalue weighted by Crippen LogP contribution is 2.27. The Morgan fingerprint density at radius 3 is 2.89 bits per heavy atom. The maximum Gasteiger partial charge on any atom is 0.255 e. The van der Waals surface area contributed by atoms with Gasteiger partial charge in [0.1, 0.15) is 0 Å². The van der Waals surface area contributed by atoms with Gasteiger partial charge in [-0.05, 0) is 31.5 Å². The van der Waals surface area contributed by atoms with Crippen LogP contribution in [0, 0.1) is 0 Å². The fraction of sp³-hybridized carbons (Fsp3) is 0.500. The van der Waals surface area contributed by atoms with Crippen molar-refractivity contribution in [3.8, 4) is 0 Å². The summed E-state index contributed by atoms with van der Waals surface area (Å²) in [6.07, 6.45) is 1.92. The van der Waals surface area contributed by atoms with Crippen LogP contribution in [0.1, 0.15) is 30.1 Å². The molecule has 0 aromatic heterocycles. The topological polar surface area (TPSA) is 32.3 Å². The summed E-state index contributed by atoms with van der Waals surface area (Å²) in [4.78, 5) is 14.6. The van der Waals surface area contributed by atoms with Crippen molar-refractivity contribution in [1.29, 1.82) is 0 Å². The summed E-state index contributed by atoms with van der Waals surface area (Å²) in [5.41, 5.74) is 0.495. The van der Waals surface area contributed by atoms with Crippen molar-refractivity contribution in [3.63, 3.8) is 0 Å². The molecule has 2 rings (SSSR count). The largest absolute Gasteiger partial charge is 0.334 e. The number of hydrogen-bond donors (Lipinski definition) is 1. The van der Waals surface area contributed by atoms with E-state index in [0.29, 0.717) is 15.6 Å². The summed E-state index contributed by atoms with van der Waals surface area (Å²) in [7, 11) is 0. The first-order valence-electron chi connectivity index (χ1n) is 6.60. The molecule has 0 spiro atoms. The van der Waals surface area contributed by atoms with Crippen molar-refractivity contribution in [2.24, 2.45) is 0 Å². The highest BCUT2D eigenvalue weighted by molar-refractivity contribution is 6.43. The van der Waals surface area contributed by atoms with Gasteiger partial charge in [-0.3, -0.25) is 4.79 Å². The van der Waals surface area contributed by atoms with Crippen molar-refractivity contribution >= 4 is 29.1 Å². The molecular formula is C14H18Cl2N2O. The van der Waals surface area contributed by atoms with E-state index in [1.54, 1.807) is 18.2 Å². The first kappa shape index (κ1) is 14.6. The van der Waals surface area contributed by atoms with Crippen LogP contribution in [0.4, 0.5) is 0 Å². The van der Waals surface area contributed by atoms with Crippen LogP contribution >= 0.6 is 23.2 Å². The van der Waals surface area contributed by atoms with Crippen molar-refractivity contribution in [2.75, 3.05) is 19.6 Å². The molecule has 1 atom stereocenters. The second-order valence-electron chi connectivity index (χ2n) is 4.75. The molecule has 1 aliphatic heterocycles. The molecule has 0 bridgehead atoms. The third-order valence-corrected chi connectivity index (χ3v) is 4.20. The maximum atomic E-state index is 12.6. The van der Waals surface area contributed by atoms with Gasteiger partial charge in [0.05, 0.1) is 15.6 Å². The molecule has 1 heterocycles. The van der Waals surface area contributed by atoms with E-state index in [0.717, 1.165) is 32.5 Å². The van der Waals surface area contributed by atoms with E-state index in [4.69, 9.17) is 23.2 Å². The summed E-state index contributed by atoms with van der Waals surface area (Å²) in [6.45, 7) is 4.63. The fourth-order valence-corrected chi connectivity index (χ4v) is 2.80. The van der Waals surface area contributed by atoms with Crippen molar-refractivity contribution < 1.29 is 4.79 Å². The zero-order valence-corrected chi connectivity index (χ0v) is 12.5. The number of carbonyl (C=O) groups is 1. The van der Waals surface area contributed by atoms with Gasteiger partial charge in [-0.1, -0.05) is 36.2 Å². The van der Waals surface area contributed by atoms with Gasteiger partial charge in [-0.2, -0.15) is 0 Å². The molecule has 1 fully saturated rings. The van der Waals surface area contributed by atoms with Crippen LogP contribution in [0.3, 0.4) is 0 Å². The Morgan fingerprint density at radius 2 is 2.26 bits per heavy atom. The Balaban J connectivity index is 2.25. The second kappa shape index (κ2) is 6.60. The molecule has 1 saturated heterocycles. The first-order chi connectivity index (χ1) is 9.15. The highest BCUT2D eigenvalue weighted by Gasteiger charge is 2.28. The zero-order chi connectivity index (χ0) is 13.8. The summed E-state index contributed by atoms with van der Waals surface area (Å²) < 4.78 is 0. The summed E-state index contributed by atoms with van der Waals surface area (Å²) >= 11 is 12.1. The zero-order valence-electron chi connectivity index (χ0n) is 11.0. The minimum atomic E-state index is -0.0250. The normalized spacial score (nSPS) is 18.6. The van der Waals surface area contributed by atoms with Gasteiger partial charge in [-0.25, -0.2) is 0 Å². The molecule has 5 heteroatoms. The lowest BCUT2D eigenvalue weighted by Gasteiger charge is -2.28. The minimum Gasteiger partial charge on any atom is -0.334 e. The van der Waals surface area contributed by atoms with E-state index in [2.05, 4.69) is 12.2 Å². The monoisotopic (exact) mass is 300 g/mol. The van der Waals surface area contributed by atoms with Gasteiger partial charge in [-0.15, -0.1) is 0 Å². The van der Waals surface area contributed by atoms with Crippen molar-refractivity contribution in [2.45, 2.75) is 25.8 Å². The van der Waals surface area contributed by atoms with Gasteiger partial charge in [0.15, 0.2) is 0 Å². The molecule has 1 aliphatic rings. The summed E-state index contributed by atoms with van der Waals surface area (Å²) in [5.74, 6) is -0.0250. The molecule has 1 aromatic carbocycles. The van der Waals surface area contributed by atoms with Gasteiger partial charge in [0, 0.05) is 19.1 Å². The Bertz CT molecular complexity index is 459. The minimum absolute atomic E-state index is 0.0250. The Labute approximate surface area is 123 Å². The molecule has 3 nitrogen and oxygen atoms in total. The van der Waals surface area contributed by atoms with Gasteiger partial charge >= 0.3 is 0 Å². The number of halogens is 2. The van der Waals surface area contributed by atoms with E-state index >= 15 is 0 Å². The van der Waals surface area contributed by atoms with E-state index in [-0.39, 0.29) is 11.9 Å². The molecule has 19 heavy (non-hydrogen) atoms. The predicted octanol–water partition coefficient (Wildman–Crippen LogP) is 3.21. The van der Waals surface area contributed by atoms with Crippen molar-refractivity contribution in [1.82, 2.24) is 10.2 Å². The predicted molar refractivity (Wildman–Crippen MR) is 79.1 cm³/mol. The van der Waals surface area contributed by atoms with E-state index < -0.39 is 0 Å². The SMILES string of the molecule is CCCN(C(=O)c1cccc(Cl)c1Cl)C1CCNC1. The molecule has 104 valence electrons. The Morgan fingerprint density at radius 1 is 1.47 bits per heavy atom. The number of nitrogens with zero attached hydrogens (tertiary/aromatic N) is 1. The highest BCUT2D eigenvalue weighted by atomic mass is 35.5. The maximum absolute atomic E-state index is 12.6. The molecular weight excluding hydrogens is 283 g/mol. The molecule has 1 N–H and O–H groups in total. The van der Waals surface area contributed by atoms with Crippen LogP contribution in [0.5, 0.6) is 0 Å². The molecule has 1 amide bonds. The molecule has 1 unspecified atom stereocenters. The number of amides is 1. The third-order valence-electron chi connectivity index (χ3n) is 3.38. The molecule has 0 saturated carbocycles. The van der Waals surface area contributed by atoms with Crippen LogP contribution in [-0.4, -0.2) is 36.5 Å². The number of benzene rings is 1. The first-order valence-corrected chi connectivity index (χ1v) is 7.36. The Hall–Kier alpha value is -0.770. The van der Waals surface area contributed by atoms with Crippen LogP contribution in [0.25, 0.3) is 0 Å². The second-order valence-corrected chi connectivity index (χ2v) is 5.53. The third kappa shape index (κ3) is 3.22. The van der Waals surface area contributed by atoms with Crippen LogP contribution in [0.2, 0.25) is 10.0 Å². The average molecular weight is 301 g/mol. The summed E-state index contributed by atoms with van der Waals surface area (Å²) in [6, 6.07) is 5.45. The lowest BCUT2D eigenvalue weighted by atomic mass is 10.1. The average Bonchev–Trinajstić information content (AvgIpc) is 2.92. The smallest absolute Gasteiger partial charge is 0.255 e. The van der Waals surface area contributed by atoms with Crippen LogP contribution < -0.4 is 5.32 Å². The number of carbonyl (C=O) groups excluding carboxylic acids is 1. The quantitative estimate of drug-likeness (QED) is 0.926. The lowest BCUT2D eigenvalue weighted by molar-refractivity contribution is 0.0692. The standard InChI is InChI=1S/C14H18Cl2N2O/c1-2-8-18(10-6-7-17-9-10)14(19)11-4-3-5-12(15)13(11)16/h3-5,10,17H,2,6-9H2,1H3. The van der Waals surface area contributed by atoms with Gasteiger partial charge < -0.3 is 10.2 Å². The van der Waals surface area contributed by atoms with E-state index in [9.17, 15) is 4.79 Å². The van der Waals surface area contributed by atoms with Crippen LogP contribution in [-0.2, 0) is 0 Å². The van der Waals surface area contributed by atoms with Crippen LogP contribution in [0.15, 0.2) is 18.2 Å². The van der Waals surface area contributed by atoms with Gasteiger partial charge in [0.25, 0.3) is 5.91 Å². The fourth-order valence-electron chi connectivity index (χ4n) is 2.42. The number of rotatable bonds is 4. The summed E-state index contributed by atoms with van der Waals surface area (Å²) in [5, 5.41) is 4.06.